The Labute approximate surface area is 161 Å². The maximum atomic E-state index is 12.2. The van der Waals surface area contributed by atoms with Gasteiger partial charge in [0, 0.05) is 31.9 Å². The van der Waals surface area contributed by atoms with E-state index in [9.17, 15) is 4.79 Å². The summed E-state index contributed by atoms with van der Waals surface area (Å²) in [5.74, 6) is 1.01. The molecule has 0 saturated carbocycles. The van der Waals surface area contributed by atoms with Crippen LogP contribution in [0.4, 0.5) is 5.69 Å². The number of anilines is 1. The van der Waals surface area contributed by atoms with Crippen LogP contribution in [0.25, 0.3) is 0 Å². The number of hydrogen-bond acceptors (Lipinski definition) is 4. The molecule has 0 fully saturated rings. The molecule has 2 aromatic heterocycles. The Balaban J connectivity index is 1.64. The van der Waals surface area contributed by atoms with Gasteiger partial charge in [0.2, 0.25) is 5.91 Å². The molecule has 0 atom stereocenters. The summed E-state index contributed by atoms with van der Waals surface area (Å²) < 4.78 is 4.11. The summed E-state index contributed by atoms with van der Waals surface area (Å²) in [5.41, 5.74) is 1.78. The van der Waals surface area contributed by atoms with Gasteiger partial charge in [-0.25, -0.2) is 0 Å². The summed E-state index contributed by atoms with van der Waals surface area (Å²) in [6.45, 7) is 2.80. The smallest absolute Gasteiger partial charge is 0.234 e. The van der Waals surface area contributed by atoms with Gasteiger partial charge >= 0.3 is 0 Å². The molecular weight excluding hydrogens is 370 g/mol. The van der Waals surface area contributed by atoms with E-state index >= 15 is 0 Å². The highest BCUT2D eigenvalue weighted by Crippen LogP contribution is 2.22. The second-order valence-corrected chi connectivity index (χ2v) is 7.10. The van der Waals surface area contributed by atoms with Gasteiger partial charge in [-0.3, -0.25) is 4.79 Å². The van der Waals surface area contributed by atoms with Gasteiger partial charge in [0.05, 0.1) is 16.5 Å². The fourth-order valence-electron chi connectivity index (χ4n) is 2.60. The predicted octanol–water partition coefficient (Wildman–Crippen LogP) is 3.61. The van der Waals surface area contributed by atoms with Crippen LogP contribution in [0.5, 0.6) is 0 Å². The van der Waals surface area contributed by atoms with E-state index in [0.717, 1.165) is 17.5 Å². The van der Waals surface area contributed by atoms with Crippen molar-refractivity contribution >= 4 is 35.0 Å². The van der Waals surface area contributed by atoms with Gasteiger partial charge in [-0.1, -0.05) is 35.5 Å². The number of carbonyl (C=O) groups excluding carboxylic acids is 1. The molecule has 1 N–H and O–H groups in total. The van der Waals surface area contributed by atoms with Crippen molar-refractivity contribution in [2.24, 2.45) is 7.05 Å². The lowest BCUT2D eigenvalue weighted by molar-refractivity contribution is -0.113. The lowest BCUT2D eigenvalue weighted by atomic mass is 10.3. The average Bonchev–Trinajstić information content (AvgIpc) is 3.21. The fraction of sp³-hybridized carbons (Fsp3) is 0.278. The Kier molecular flexibility index (Phi) is 6.00. The standard InChI is InChI=1S/C18H20ClN5OS/c1-3-24-16(11-13-7-6-10-23(13)2)21-22-18(24)26-12-17(25)20-15-9-5-4-8-14(15)19/h4-10H,3,11-12H2,1-2H3,(H,20,25). The number of amides is 1. The Bertz CT molecular complexity index is 905. The highest BCUT2D eigenvalue weighted by atomic mass is 35.5. The normalized spacial score (nSPS) is 10.9. The number of hydrogen-bond donors (Lipinski definition) is 1. The number of nitrogens with one attached hydrogen (secondary N) is 1. The van der Waals surface area contributed by atoms with Crippen molar-refractivity contribution in [2.45, 2.75) is 25.0 Å². The fourth-order valence-corrected chi connectivity index (χ4v) is 3.60. The van der Waals surface area contributed by atoms with Crippen LogP contribution in [0, 0.1) is 0 Å². The quantitative estimate of drug-likeness (QED) is 0.627. The molecule has 0 saturated heterocycles. The Morgan fingerprint density at radius 3 is 2.73 bits per heavy atom. The van der Waals surface area contributed by atoms with Crippen LogP contribution in [0.2, 0.25) is 5.02 Å². The number of aromatic nitrogens is 4. The minimum absolute atomic E-state index is 0.127. The van der Waals surface area contributed by atoms with Gasteiger partial charge in [0.25, 0.3) is 0 Å². The average molecular weight is 390 g/mol. The molecule has 8 heteroatoms. The molecule has 26 heavy (non-hydrogen) atoms. The molecule has 0 bridgehead atoms. The van der Waals surface area contributed by atoms with E-state index < -0.39 is 0 Å². The first-order chi connectivity index (χ1) is 12.6. The third-order valence-corrected chi connectivity index (χ3v) is 5.28. The Hall–Kier alpha value is -2.25. The summed E-state index contributed by atoms with van der Waals surface area (Å²) in [6.07, 6.45) is 2.72. The van der Waals surface area contributed by atoms with E-state index in [0.29, 0.717) is 17.1 Å². The van der Waals surface area contributed by atoms with Crippen molar-refractivity contribution < 1.29 is 4.79 Å². The zero-order valence-electron chi connectivity index (χ0n) is 14.6. The number of halogens is 1. The molecule has 1 amide bonds. The van der Waals surface area contributed by atoms with Crippen LogP contribution >= 0.6 is 23.4 Å². The maximum absolute atomic E-state index is 12.2. The van der Waals surface area contributed by atoms with E-state index in [4.69, 9.17) is 11.6 Å². The molecule has 2 heterocycles. The van der Waals surface area contributed by atoms with E-state index in [1.54, 1.807) is 12.1 Å². The molecule has 3 rings (SSSR count). The Morgan fingerprint density at radius 2 is 2.04 bits per heavy atom. The maximum Gasteiger partial charge on any atom is 0.234 e. The first-order valence-corrected chi connectivity index (χ1v) is 9.64. The lowest BCUT2D eigenvalue weighted by Gasteiger charge is -2.09. The van der Waals surface area contributed by atoms with Crippen molar-refractivity contribution in [2.75, 3.05) is 11.1 Å². The molecule has 6 nitrogen and oxygen atoms in total. The molecule has 1 aromatic carbocycles. The van der Waals surface area contributed by atoms with Gasteiger partial charge in [-0.15, -0.1) is 10.2 Å². The van der Waals surface area contributed by atoms with E-state index in [2.05, 4.69) is 26.1 Å². The monoisotopic (exact) mass is 389 g/mol. The van der Waals surface area contributed by atoms with Gasteiger partial charge < -0.3 is 14.5 Å². The second kappa shape index (κ2) is 8.42. The number of nitrogens with zero attached hydrogens (tertiary/aromatic N) is 4. The van der Waals surface area contributed by atoms with E-state index in [-0.39, 0.29) is 11.7 Å². The third kappa shape index (κ3) is 4.28. The third-order valence-electron chi connectivity index (χ3n) is 3.98. The minimum atomic E-state index is -0.127. The number of rotatable bonds is 7. The molecule has 136 valence electrons. The lowest BCUT2D eigenvalue weighted by Crippen LogP contribution is -2.15. The number of thioether (sulfide) groups is 1. The van der Waals surface area contributed by atoms with Crippen LogP contribution in [-0.2, 0) is 24.8 Å². The molecule has 3 aromatic rings. The number of benzene rings is 1. The van der Waals surface area contributed by atoms with Gasteiger partial charge in [-0.2, -0.15) is 0 Å². The van der Waals surface area contributed by atoms with Gasteiger partial charge in [-0.05, 0) is 31.2 Å². The van der Waals surface area contributed by atoms with E-state index in [1.807, 2.05) is 42.9 Å². The topological polar surface area (TPSA) is 64.7 Å². The molecular formula is C18H20ClN5OS. The summed E-state index contributed by atoms with van der Waals surface area (Å²) in [5, 5.41) is 12.6. The summed E-state index contributed by atoms with van der Waals surface area (Å²) in [4.78, 5) is 12.2. The van der Waals surface area contributed by atoms with Crippen molar-refractivity contribution in [3.63, 3.8) is 0 Å². The first-order valence-electron chi connectivity index (χ1n) is 8.28. The first kappa shape index (κ1) is 18.5. The van der Waals surface area contributed by atoms with Crippen LogP contribution < -0.4 is 5.32 Å². The molecule has 0 aliphatic heterocycles. The summed E-state index contributed by atoms with van der Waals surface area (Å²) in [7, 11) is 2.01. The van der Waals surface area contributed by atoms with Crippen molar-refractivity contribution in [1.29, 1.82) is 0 Å². The van der Waals surface area contributed by atoms with Crippen LogP contribution in [0.15, 0.2) is 47.8 Å². The van der Waals surface area contributed by atoms with Crippen molar-refractivity contribution in [3.8, 4) is 0 Å². The van der Waals surface area contributed by atoms with Gasteiger partial charge in [0.1, 0.15) is 5.82 Å². The van der Waals surface area contributed by atoms with Crippen LogP contribution in [-0.4, -0.2) is 31.0 Å². The SMILES string of the molecule is CCn1c(Cc2cccn2C)nnc1SCC(=O)Nc1ccccc1Cl. The van der Waals surface area contributed by atoms with Gasteiger partial charge in [0.15, 0.2) is 5.16 Å². The molecule has 0 unspecified atom stereocenters. The molecule has 0 radical (unpaired) electrons. The molecule has 0 aliphatic rings. The summed E-state index contributed by atoms with van der Waals surface area (Å²) in [6, 6.07) is 11.3. The molecule has 0 spiro atoms. The highest BCUT2D eigenvalue weighted by molar-refractivity contribution is 7.99. The zero-order valence-corrected chi connectivity index (χ0v) is 16.2. The number of carbonyl (C=O) groups is 1. The Morgan fingerprint density at radius 1 is 1.23 bits per heavy atom. The van der Waals surface area contributed by atoms with E-state index in [1.165, 1.54) is 17.5 Å². The number of aryl methyl sites for hydroxylation is 1. The predicted molar refractivity (Wildman–Crippen MR) is 105 cm³/mol. The number of para-hydroxylation sites is 1. The largest absolute Gasteiger partial charge is 0.354 e. The van der Waals surface area contributed by atoms with Crippen LogP contribution in [0.3, 0.4) is 0 Å². The zero-order chi connectivity index (χ0) is 18.5. The van der Waals surface area contributed by atoms with Crippen molar-refractivity contribution in [1.82, 2.24) is 19.3 Å². The summed E-state index contributed by atoms with van der Waals surface area (Å²) >= 11 is 7.44. The molecule has 0 aliphatic carbocycles. The van der Waals surface area contributed by atoms with Crippen molar-refractivity contribution in [3.05, 3.63) is 59.1 Å². The minimum Gasteiger partial charge on any atom is -0.354 e. The highest BCUT2D eigenvalue weighted by Gasteiger charge is 2.15. The second-order valence-electron chi connectivity index (χ2n) is 5.75. The van der Waals surface area contributed by atoms with Crippen LogP contribution in [0.1, 0.15) is 18.4 Å².